The van der Waals surface area contributed by atoms with Gasteiger partial charge in [-0.05, 0) is 71.6 Å². The summed E-state index contributed by atoms with van der Waals surface area (Å²) in [6.07, 6.45) is 3.01. The molecule has 184 valence electrons. The lowest BCUT2D eigenvalue weighted by Crippen LogP contribution is -2.32. The van der Waals surface area contributed by atoms with Crippen LogP contribution in [0.25, 0.3) is 6.08 Å². The average molecular weight is 530 g/mol. The molecule has 9 heteroatoms. The van der Waals surface area contributed by atoms with E-state index in [1.807, 2.05) is 17.5 Å². The molecule has 0 saturated carbocycles. The van der Waals surface area contributed by atoms with Crippen molar-refractivity contribution in [2.24, 2.45) is 5.10 Å². The zero-order valence-corrected chi connectivity index (χ0v) is 20.8. The summed E-state index contributed by atoms with van der Waals surface area (Å²) in [7, 11) is 0. The van der Waals surface area contributed by atoms with Gasteiger partial charge in [0.2, 0.25) is 0 Å². The molecule has 37 heavy (non-hydrogen) atoms. The van der Waals surface area contributed by atoms with Gasteiger partial charge in [0.25, 0.3) is 11.8 Å². The summed E-state index contributed by atoms with van der Waals surface area (Å²) in [5.41, 5.74) is 3.82. The van der Waals surface area contributed by atoms with Crippen molar-refractivity contribution in [3.05, 3.63) is 129 Å². The fraction of sp³-hybridized carbons (Fsp3) is 0. The number of ether oxygens (including phenoxy) is 1. The lowest BCUT2D eigenvalue weighted by molar-refractivity contribution is -0.117. The van der Waals surface area contributed by atoms with E-state index in [9.17, 15) is 14.4 Å². The van der Waals surface area contributed by atoms with Gasteiger partial charge in [0.05, 0.1) is 16.8 Å². The third-order valence-electron chi connectivity index (χ3n) is 4.92. The molecule has 1 aromatic heterocycles. The molecule has 0 saturated heterocycles. The molecule has 7 nitrogen and oxygen atoms in total. The third kappa shape index (κ3) is 7.23. The number of hydrazone groups is 1. The summed E-state index contributed by atoms with van der Waals surface area (Å²) in [6.45, 7) is 0. The summed E-state index contributed by atoms with van der Waals surface area (Å²) in [6, 6.07) is 25.4. The standard InChI is InChI=1S/C28H20ClN3O4S/c29-24-11-5-4-10-23(24)28(35)36-21-14-12-19(13-15-21)18-30-32-27(34)25(17-22-9-6-16-37-22)31-26(33)20-7-2-1-3-8-20/h1-18H,(H,31,33)(H,32,34)/b25-17+,30-18+. The Morgan fingerprint density at radius 1 is 0.865 bits per heavy atom. The molecular formula is C28H20ClN3O4S. The highest BCUT2D eigenvalue weighted by atomic mass is 35.5. The molecule has 4 rings (SSSR count). The highest BCUT2D eigenvalue weighted by molar-refractivity contribution is 7.10. The predicted molar refractivity (Wildman–Crippen MR) is 145 cm³/mol. The number of amides is 2. The molecule has 0 aliphatic rings. The Hall–Kier alpha value is -4.53. The van der Waals surface area contributed by atoms with E-state index < -0.39 is 17.8 Å². The van der Waals surface area contributed by atoms with E-state index in [1.54, 1.807) is 84.9 Å². The van der Waals surface area contributed by atoms with Gasteiger partial charge in [0, 0.05) is 10.4 Å². The van der Waals surface area contributed by atoms with E-state index >= 15 is 0 Å². The summed E-state index contributed by atoms with van der Waals surface area (Å²) in [5, 5.41) is 8.81. The first-order valence-corrected chi connectivity index (χ1v) is 12.3. The summed E-state index contributed by atoms with van der Waals surface area (Å²) in [4.78, 5) is 38.5. The van der Waals surface area contributed by atoms with E-state index in [1.165, 1.54) is 17.6 Å². The van der Waals surface area contributed by atoms with Gasteiger partial charge in [0.1, 0.15) is 11.4 Å². The van der Waals surface area contributed by atoms with E-state index in [0.717, 1.165) is 4.88 Å². The van der Waals surface area contributed by atoms with Crippen LogP contribution in [0.1, 0.15) is 31.2 Å². The normalized spacial score (nSPS) is 11.2. The maximum Gasteiger partial charge on any atom is 0.345 e. The molecule has 2 amide bonds. The molecule has 3 aromatic carbocycles. The van der Waals surface area contributed by atoms with Crippen molar-refractivity contribution in [1.82, 2.24) is 10.7 Å². The SMILES string of the molecule is O=C(N/N=C/c1ccc(OC(=O)c2ccccc2Cl)cc1)/C(=C\c1cccs1)NC(=O)c1ccccc1. The van der Waals surface area contributed by atoms with Gasteiger partial charge in [0.15, 0.2) is 0 Å². The maximum absolute atomic E-state index is 12.8. The van der Waals surface area contributed by atoms with Gasteiger partial charge >= 0.3 is 5.97 Å². The molecule has 0 spiro atoms. The van der Waals surface area contributed by atoms with Crippen LogP contribution >= 0.6 is 22.9 Å². The van der Waals surface area contributed by atoms with Gasteiger partial charge in [-0.1, -0.05) is 48.0 Å². The van der Waals surface area contributed by atoms with Gasteiger partial charge in [-0.25, -0.2) is 10.2 Å². The smallest absolute Gasteiger partial charge is 0.345 e. The van der Waals surface area contributed by atoms with Crippen LogP contribution in [0.2, 0.25) is 5.02 Å². The molecule has 2 N–H and O–H groups in total. The molecule has 0 bridgehead atoms. The number of esters is 1. The Morgan fingerprint density at radius 2 is 1.59 bits per heavy atom. The van der Waals surface area contributed by atoms with Crippen molar-refractivity contribution in [3.63, 3.8) is 0 Å². The molecule has 0 radical (unpaired) electrons. The maximum atomic E-state index is 12.8. The molecule has 0 aliphatic heterocycles. The number of rotatable bonds is 8. The minimum absolute atomic E-state index is 0.0512. The number of hydrogen-bond acceptors (Lipinski definition) is 6. The zero-order valence-electron chi connectivity index (χ0n) is 19.3. The minimum atomic E-state index is -0.584. The quantitative estimate of drug-likeness (QED) is 0.103. The van der Waals surface area contributed by atoms with Crippen molar-refractivity contribution in [2.45, 2.75) is 0 Å². The van der Waals surface area contributed by atoms with Crippen molar-refractivity contribution < 1.29 is 19.1 Å². The number of thiophene rings is 1. The van der Waals surface area contributed by atoms with Crippen LogP contribution in [-0.4, -0.2) is 24.0 Å². The minimum Gasteiger partial charge on any atom is -0.423 e. The van der Waals surface area contributed by atoms with Crippen molar-refractivity contribution >= 4 is 53.0 Å². The fourth-order valence-electron chi connectivity index (χ4n) is 3.09. The number of benzene rings is 3. The number of nitrogens with one attached hydrogen (secondary N) is 2. The van der Waals surface area contributed by atoms with Gasteiger partial charge in [-0.2, -0.15) is 5.10 Å². The largest absolute Gasteiger partial charge is 0.423 e. The number of halogens is 1. The second kappa shape index (κ2) is 12.4. The van der Waals surface area contributed by atoms with E-state index in [-0.39, 0.29) is 11.3 Å². The Morgan fingerprint density at radius 3 is 2.30 bits per heavy atom. The number of carbonyl (C=O) groups is 3. The highest BCUT2D eigenvalue weighted by Gasteiger charge is 2.15. The topological polar surface area (TPSA) is 96.9 Å². The van der Waals surface area contributed by atoms with Crippen LogP contribution in [0, 0.1) is 0 Å². The number of nitrogens with zero attached hydrogens (tertiary/aromatic N) is 1. The van der Waals surface area contributed by atoms with E-state index in [2.05, 4.69) is 15.8 Å². The lowest BCUT2D eigenvalue weighted by Gasteiger charge is -2.08. The van der Waals surface area contributed by atoms with Crippen LogP contribution in [0.3, 0.4) is 0 Å². The third-order valence-corrected chi connectivity index (χ3v) is 6.07. The Balaban J connectivity index is 1.39. The molecule has 0 fully saturated rings. The number of carbonyl (C=O) groups excluding carboxylic acids is 3. The average Bonchev–Trinajstić information content (AvgIpc) is 3.43. The molecular weight excluding hydrogens is 510 g/mol. The van der Waals surface area contributed by atoms with Gasteiger partial charge in [-0.15, -0.1) is 11.3 Å². The molecule has 1 heterocycles. The summed E-state index contributed by atoms with van der Waals surface area (Å²) >= 11 is 7.46. The lowest BCUT2D eigenvalue weighted by atomic mass is 10.2. The Labute approximate surface area is 222 Å². The summed E-state index contributed by atoms with van der Waals surface area (Å²) < 4.78 is 5.35. The van der Waals surface area contributed by atoms with Crippen LogP contribution in [0.15, 0.2) is 107 Å². The Kier molecular flexibility index (Phi) is 8.59. The number of hydrogen-bond donors (Lipinski definition) is 2. The van der Waals surface area contributed by atoms with Crippen molar-refractivity contribution in [3.8, 4) is 5.75 Å². The molecule has 0 aliphatic carbocycles. The second-order valence-electron chi connectivity index (χ2n) is 7.53. The van der Waals surface area contributed by atoms with Gasteiger partial charge in [-0.3, -0.25) is 9.59 Å². The molecule has 0 atom stereocenters. The highest BCUT2D eigenvalue weighted by Crippen LogP contribution is 2.19. The van der Waals surface area contributed by atoms with Crippen molar-refractivity contribution in [2.75, 3.05) is 0 Å². The first-order valence-electron chi connectivity index (χ1n) is 11.0. The molecule has 4 aromatic rings. The summed E-state index contributed by atoms with van der Waals surface area (Å²) in [5.74, 6) is -1.23. The second-order valence-corrected chi connectivity index (χ2v) is 8.92. The first kappa shape index (κ1) is 25.6. The van der Waals surface area contributed by atoms with Gasteiger partial charge < -0.3 is 10.1 Å². The van der Waals surface area contributed by atoms with Crippen LogP contribution < -0.4 is 15.5 Å². The monoisotopic (exact) mass is 529 g/mol. The zero-order chi connectivity index (χ0) is 26.0. The fourth-order valence-corrected chi connectivity index (χ4v) is 3.96. The van der Waals surface area contributed by atoms with Crippen LogP contribution in [-0.2, 0) is 4.79 Å². The van der Waals surface area contributed by atoms with Crippen LogP contribution in [0.5, 0.6) is 5.75 Å². The predicted octanol–water partition coefficient (Wildman–Crippen LogP) is 5.54. The van der Waals surface area contributed by atoms with E-state index in [0.29, 0.717) is 21.9 Å². The molecule has 0 unspecified atom stereocenters. The van der Waals surface area contributed by atoms with Crippen molar-refractivity contribution in [1.29, 1.82) is 0 Å². The first-order chi connectivity index (χ1) is 18.0. The van der Waals surface area contributed by atoms with E-state index in [4.69, 9.17) is 16.3 Å². The van der Waals surface area contributed by atoms with Crippen LogP contribution in [0.4, 0.5) is 0 Å². The Bertz CT molecular complexity index is 1450.